The molecule has 1 aliphatic heterocycles. The van der Waals surface area contributed by atoms with Gasteiger partial charge in [-0.05, 0) is 12.1 Å². The molecule has 1 heterocycles. The maximum Gasteiger partial charge on any atom is 0.511 e. The molecule has 0 atom stereocenters. The maximum absolute atomic E-state index is 6.10. The molecule has 0 bridgehead atoms. The zero-order valence-corrected chi connectivity index (χ0v) is 12.3. The second kappa shape index (κ2) is 3.97. The number of ether oxygens (including phenoxy) is 2. The van der Waals surface area contributed by atoms with E-state index < -0.39 is 25.1 Å². The van der Waals surface area contributed by atoms with Crippen LogP contribution in [0.25, 0.3) is 0 Å². The molecule has 84 valence electrons. The summed E-state index contributed by atoms with van der Waals surface area (Å²) in [6.45, 7) is 8.17. The summed E-state index contributed by atoms with van der Waals surface area (Å²) in [5.74, 6) is 1.10. The number of halogens is 1. The Morgan fingerprint density at radius 1 is 1.19 bits per heavy atom. The van der Waals surface area contributed by atoms with Gasteiger partial charge in [0.05, 0.1) is 0 Å². The quantitative estimate of drug-likeness (QED) is 0.751. The van der Waals surface area contributed by atoms with E-state index >= 15 is 0 Å². The smallest absolute Gasteiger partial charge is 0.449 e. The molecule has 1 aliphatic rings. The molecule has 0 amide bonds. The molecule has 4 heteroatoms. The minimum atomic E-state index is -0.624. The Bertz CT molecular complexity index is 415. The highest BCUT2D eigenvalue weighted by Crippen LogP contribution is 2.41. The Morgan fingerprint density at radius 2 is 1.81 bits per heavy atom. The maximum atomic E-state index is 6.10. The van der Waals surface area contributed by atoms with E-state index in [1.165, 1.54) is 5.56 Å². The molecule has 0 aromatic heterocycles. The van der Waals surface area contributed by atoms with Crippen LogP contribution in [0.5, 0.6) is 11.5 Å². The minimum absolute atomic E-state index is 0.0900. The molecule has 0 N–H and O–H groups in total. The van der Waals surface area contributed by atoms with Crippen molar-refractivity contribution in [2.45, 2.75) is 37.0 Å². The summed E-state index contributed by atoms with van der Waals surface area (Å²) in [5, 5.41) is 0. The minimum Gasteiger partial charge on any atom is -0.449 e. The average molecular weight is 251 g/mol. The van der Waals surface area contributed by atoms with Crippen LogP contribution in [0.2, 0.25) is 0 Å². The van der Waals surface area contributed by atoms with Crippen LogP contribution in [0.15, 0.2) is 18.2 Å². The van der Waals surface area contributed by atoms with Crippen molar-refractivity contribution in [3.05, 3.63) is 23.8 Å². The van der Waals surface area contributed by atoms with Crippen LogP contribution in [0.4, 0.5) is 0 Å². The topological polar surface area (TPSA) is 18.5 Å². The largest absolute Gasteiger partial charge is 0.511 e. The number of rotatable bonds is 2. The highest BCUT2D eigenvalue weighted by molar-refractivity contribution is 6.95. The molecule has 16 heavy (non-hydrogen) atoms. The number of hydrogen-bond donors (Lipinski definition) is 0. The Labute approximate surface area is 110 Å². The van der Waals surface area contributed by atoms with Gasteiger partial charge in [0, 0.05) is 13.8 Å². The van der Waals surface area contributed by atoms with Crippen LogP contribution in [-0.2, 0) is 3.54 Å². The van der Waals surface area contributed by atoms with Crippen molar-refractivity contribution in [3.8, 4) is 11.5 Å². The summed E-state index contributed by atoms with van der Waals surface area (Å²) in [5.41, 5.74) is 1.23. The Hall–Kier alpha value is -0.124. The first kappa shape index (κ1) is 12.3. The predicted molar refractivity (Wildman–Crippen MR) is 66.4 cm³/mol. The molecule has 2 nitrogen and oxygen atoms in total. The monoisotopic (exact) mass is 250 g/mol. The van der Waals surface area contributed by atoms with Gasteiger partial charge in [0.25, 0.3) is 0 Å². The van der Waals surface area contributed by atoms with Crippen molar-refractivity contribution in [2.24, 2.45) is 0 Å². The Kier molecular flexibility index (Phi) is 3.06. The lowest BCUT2D eigenvalue weighted by Gasteiger charge is -2.22. The van der Waals surface area contributed by atoms with Gasteiger partial charge < -0.3 is 18.5 Å². The van der Waals surface area contributed by atoms with Crippen LogP contribution in [-0.4, -0.2) is 25.1 Å². The van der Waals surface area contributed by atoms with Crippen molar-refractivity contribution in [3.63, 3.8) is 0 Å². The Balaban J connectivity index is 2.36. The average Bonchev–Trinajstić information content (AvgIpc) is 2.50. The SMILES string of the molecule is CC1(C)Oc2ccc([C](C)(C)[Mg][Cl])cc2O1. The van der Waals surface area contributed by atoms with Crippen molar-refractivity contribution < 1.29 is 9.47 Å². The summed E-state index contributed by atoms with van der Waals surface area (Å²) >= 11 is -0.624. The molecule has 0 saturated carbocycles. The lowest BCUT2D eigenvalue weighted by molar-refractivity contribution is -0.0431. The molecular weight excluding hydrogens is 236 g/mol. The van der Waals surface area contributed by atoms with Gasteiger partial charge in [-0.15, -0.1) is 0 Å². The third kappa shape index (κ3) is 2.26. The van der Waals surface area contributed by atoms with Gasteiger partial charge in [0.1, 0.15) is 0 Å². The molecule has 0 spiro atoms. The normalized spacial score (nSPS) is 17.1. The molecular formula is C12H15ClMgO2. The van der Waals surface area contributed by atoms with E-state index in [9.17, 15) is 0 Å². The van der Waals surface area contributed by atoms with Gasteiger partial charge in [0.2, 0.25) is 5.79 Å². The first-order valence-corrected chi connectivity index (χ1v) is 8.27. The third-order valence-electron chi connectivity index (χ3n) is 2.77. The number of hydrogen-bond acceptors (Lipinski definition) is 2. The summed E-state index contributed by atoms with van der Waals surface area (Å²) in [6.07, 6.45) is 0. The summed E-state index contributed by atoms with van der Waals surface area (Å²) in [4.78, 5) is 0. The van der Waals surface area contributed by atoms with Crippen molar-refractivity contribution in [2.75, 3.05) is 0 Å². The standard InChI is InChI=1S/C12H15O2.ClH.Mg/c1-8(2)9-5-6-10-11(7-9)14-12(3,4)13-10;;/h5-7H,1-4H3;1H;/q;;+1/p-1. The van der Waals surface area contributed by atoms with E-state index in [-0.39, 0.29) is 3.54 Å². The lowest BCUT2D eigenvalue weighted by atomic mass is 10.0. The molecule has 0 aliphatic carbocycles. The van der Waals surface area contributed by atoms with Gasteiger partial charge >= 0.3 is 19.3 Å². The van der Waals surface area contributed by atoms with Crippen LogP contribution in [0.3, 0.4) is 0 Å². The molecule has 0 saturated heterocycles. The van der Waals surface area contributed by atoms with Crippen LogP contribution in [0, 0.1) is 0 Å². The van der Waals surface area contributed by atoms with Gasteiger partial charge in [-0.25, -0.2) is 0 Å². The second-order valence-electron chi connectivity index (χ2n) is 5.28. The molecule has 0 fully saturated rings. The van der Waals surface area contributed by atoms with Crippen molar-refractivity contribution >= 4 is 28.3 Å². The van der Waals surface area contributed by atoms with Gasteiger partial charge in [-0.2, -0.15) is 0 Å². The molecule has 1 aromatic rings. The van der Waals surface area contributed by atoms with Crippen LogP contribution in [0.1, 0.15) is 33.3 Å². The zero-order chi connectivity index (χ0) is 12.0. The van der Waals surface area contributed by atoms with Crippen molar-refractivity contribution in [1.29, 1.82) is 0 Å². The lowest BCUT2D eigenvalue weighted by Crippen LogP contribution is -2.29. The van der Waals surface area contributed by atoms with E-state index in [0.29, 0.717) is 0 Å². The molecule has 0 radical (unpaired) electrons. The summed E-state index contributed by atoms with van der Waals surface area (Å²) < 4.78 is 11.5. The first-order chi connectivity index (χ1) is 7.34. The fourth-order valence-electron chi connectivity index (χ4n) is 1.72. The van der Waals surface area contributed by atoms with E-state index in [0.717, 1.165) is 11.5 Å². The van der Waals surface area contributed by atoms with E-state index in [1.807, 2.05) is 19.9 Å². The molecule has 1 aromatic carbocycles. The summed E-state index contributed by atoms with van der Waals surface area (Å²) in [6, 6.07) is 6.11. The fraction of sp³-hybridized carbons (Fsp3) is 0.500. The third-order valence-corrected chi connectivity index (χ3v) is 5.85. The van der Waals surface area contributed by atoms with E-state index in [2.05, 4.69) is 26.0 Å². The van der Waals surface area contributed by atoms with Crippen LogP contribution >= 0.6 is 9.07 Å². The van der Waals surface area contributed by atoms with Crippen LogP contribution < -0.4 is 9.47 Å². The number of benzene rings is 1. The summed E-state index contributed by atoms with van der Waals surface area (Å²) in [7, 11) is 6.10. The predicted octanol–water partition coefficient (Wildman–Crippen LogP) is 3.29. The highest BCUT2D eigenvalue weighted by Gasteiger charge is 2.33. The highest BCUT2D eigenvalue weighted by atomic mass is 35.5. The first-order valence-electron chi connectivity index (χ1n) is 5.43. The van der Waals surface area contributed by atoms with E-state index in [1.54, 1.807) is 0 Å². The van der Waals surface area contributed by atoms with Gasteiger partial charge in [-0.1, -0.05) is 29.0 Å². The van der Waals surface area contributed by atoms with E-state index in [4.69, 9.17) is 18.5 Å². The van der Waals surface area contributed by atoms with Gasteiger partial charge in [-0.3, -0.25) is 0 Å². The number of fused-ring (bicyclic) bond motifs is 1. The van der Waals surface area contributed by atoms with Gasteiger partial charge in [0.15, 0.2) is 11.5 Å². The van der Waals surface area contributed by atoms with Crippen molar-refractivity contribution in [1.82, 2.24) is 0 Å². The Morgan fingerprint density at radius 3 is 2.44 bits per heavy atom. The molecule has 0 unspecified atom stereocenters. The zero-order valence-electron chi connectivity index (χ0n) is 10.1. The fourth-order valence-corrected chi connectivity index (χ4v) is 2.56. The molecule has 2 rings (SSSR count). The second-order valence-corrected chi connectivity index (χ2v) is 8.12.